The molecule has 0 aliphatic heterocycles. The topological polar surface area (TPSA) is 26.0 Å². The van der Waals surface area contributed by atoms with Crippen LogP contribution in [0, 0.1) is 0 Å². The summed E-state index contributed by atoms with van der Waals surface area (Å²) >= 11 is 0. The standard InChI is InChI=1S/C9H20BN/c10-9(8-11)6-4-2-1-3-5-7-9/h1-8,10-11H2. The minimum absolute atomic E-state index is 0.473. The molecule has 0 saturated heterocycles. The van der Waals surface area contributed by atoms with E-state index in [9.17, 15) is 0 Å². The summed E-state index contributed by atoms with van der Waals surface area (Å²) in [4.78, 5) is 0. The van der Waals surface area contributed by atoms with Gasteiger partial charge in [-0.2, -0.15) is 0 Å². The normalized spacial score (nSPS) is 25.5. The van der Waals surface area contributed by atoms with Gasteiger partial charge in [0.15, 0.2) is 0 Å². The first-order valence-electron chi connectivity index (χ1n) is 4.97. The molecule has 0 radical (unpaired) electrons. The van der Waals surface area contributed by atoms with Gasteiger partial charge in [-0.3, -0.25) is 0 Å². The summed E-state index contributed by atoms with van der Waals surface area (Å²) in [5.41, 5.74) is 5.76. The Morgan fingerprint density at radius 1 is 1.00 bits per heavy atom. The van der Waals surface area contributed by atoms with Gasteiger partial charge in [0.25, 0.3) is 0 Å². The van der Waals surface area contributed by atoms with E-state index in [-0.39, 0.29) is 0 Å². The fraction of sp³-hybridized carbons (Fsp3) is 1.00. The molecule has 0 aromatic heterocycles. The Bertz CT molecular complexity index is 106. The van der Waals surface area contributed by atoms with Crippen molar-refractivity contribution in [1.82, 2.24) is 0 Å². The van der Waals surface area contributed by atoms with Crippen molar-refractivity contribution in [2.24, 2.45) is 5.73 Å². The number of hydrogen-bond acceptors (Lipinski definition) is 1. The van der Waals surface area contributed by atoms with Crippen LogP contribution in [-0.2, 0) is 0 Å². The summed E-state index contributed by atoms with van der Waals surface area (Å²) in [5.74, 6) is 0. The lowest BCUT2D eigenvalue weighted by Gasteiger charge is -2.29. The molecule has 0 bridgehead atoms. The molecule has 2 N–H and O–H groups in total. The maximum absolute atomic E-state index is 5.76. The van der Waals surface area contributed by atoms with E-state index in [1.807, 2.05) is 0 Å². The molecule has 1 saturated carbocycles. The van der Waals surface area contributed by atoms with Gasteiger partial charge in [0.05, 0.1) is 0 Å². The molecule has 11 heavy (non-hydrogen) atoms. The monoisotopic (exact) mass is 153 g/mol. The second-order valence-corrected chi connectivity index (χ2v) is 4.28. The number of nitrogens with two attached hydrogens (primary N) is 1. The van der Waals surface area contributed by atoms with E-state index in [4.69, 9.17) is 5.73 Å². The highest BCUT2D eigenvalue weighted by molar-refractivity contribution is 6.15. The molecule has 0 amide bonds. The molecular weight excluding hydrogens is 133 g/mol. The molecule has 0 heterocycles. The molecule has 2 heteroatoms. The molecule has 1 aliphatic rings. The van der Waals surface area contributed by atoms with E-state index in [0.717, 1.165) is 6.54 Å². The summed E-state index contributed by atoms with van der Waals surface area (Å²) in [6.07, 6.45) is 9.79. The summed E-state index contributed by atoms with van der Waals surface area (Å²) in [6, 6.07) is 0. The summed E-state index contributed by atoms with van der Waals surface area (Å²) < 4.78 is 0. The molecule has 64 valence electrons. The second kappa shape index (κ2) is 4.15. The molecule has 0 atom stereocenters. The Kier molecular flexibility index (Phi) is 3.44. The van der Waals surface area contributed by atoms with Crippen molar-refractivity contribution in [3.05, 3.63) is 0 Å². The zero-order valence-electron chi connectivity index (χ0n) is 7.73. The van der Waals surface area contributed by atoms with Crippen LogP contribution in [0.2, 0.25) is 5.31 Å². The van der Waals surface area contributed by atoms with Crippen LogP contribution < -0.4 is 5.73 Å². The van der Waals surface area contributed by atoms with E-state index in [2.05, 4.69) is 7.85 Å². The molecule has 0 aromatic rings. The lowest BCUT2D eigenvalue weighted by atomic mass is 9.62. The molecule has 1 aliphatic carbocycles. The van der Waals surface area contributed by atoms with Gasteiger partial charge in [-0.15, -0.1) is 0 Å². The van der Waals surface area contributed by atoms with Crippen LogP contribution in [0.4, 0.5) is 0 Å². The fourth-order valence-electron chi connectivity index (χ4n) is 1.96. The van der Waals surface area contributed by atoms with Gasteiger partial charge >= 0.3 is 0 Å². The Morgan fingerprint density at radius 2 is 1.45 bits per heavy atom. The third-order valence-corrected chi connectivity index (χ3v) is 3.05. The Hall–Kier alpha value is 0.0249. The number of rotatable bonds is 1. The highest BCUT2D eigenvalue weighted by atomic mass is 14.6. The quantitative estimate of drug-likeness (QED) is 0.567. The van der Waals surface area contributed by atoms with Crippen LogP contribution >= 0.6 is 0 Å². The van der Waals surface area contributed by atoms with Crippen LogP contribution in [0.25, 0.3) is 0 Å². The molecule has 0 spiro atoms. The summed E-state index contributed by atoms with van der Waals surface area (Å²) in [6.45, 7) is 0.882. The smallest absolute Gasteiger partial charge is 0.111 e. The van der Waals surface area contributed by atoms with Crippen molar-refractivity contribution in [3.63, 3.8) is 0 Å². The largest absolute Gasteiger partial charge is 0.331 e. The van der Waals surface area contributed by atoms with Gasteiger partial charge in [-0.25, -0.2) is 0 Å². The van der Waals surface area contributed by atoms with Crippen LogP contribution in [-0.4, -0.2) is 14.4 Å². The maximum atomic E-state index is 5.76. The molecule has 0 unspecified atom stereocenters. The summed E-state index contributed by atoms with van der Waals surface area (Å²) in [5, 5.41) is 0.473. The third-order valence-electron chi connectivity index (χ3n) is 3.05. The molecule has 1 rings (SSSR count). The van der Waals surface area contributed by atoms with Gasteiger partial charge in [0, 0.05) is 0 Å². The average Bonchev–Trinajstić information content (AvgIpc) is 1.98. The van der Waals surface area contributed by atoms with Gasteiger partial charge < -0.3 is 5.73 Å². The molecular formula is C9H20BN. The minimum Gasteiger partial charge on any atom is -0.331 e. The predicted molar refractivity (Wildman–Crippen MR) is 52.6 cm³/mol. The maximum Gasteiger partial charge on any atom is 0.111 e. The van der Waals surface area contributed by atoms with E-state index in [1.165, 1.54) is 44.9 Å². The van der Waals surface area contributed by atoms with Crippen LogP contribution in [0.3, 0.4) is 0 Å². The van der Waals surface area contributed by atoms with Gasteiger partial charge in [-0.05, 0) is 11.9 Å². The van der Waals surface area contributed by atoms with Crippen molar-refractivity contribution in [3.8, 4) is 0 Å². The second-order valence-electron chi connectivity index (χ2n) is 4.28. The van der Waals surface area contributed by atoms with Crippen molar-refractivity contribution >= 4 is 7.85 Å². The van der Waals surface area contributed by atoms with Gasteiger partial charge in [0.2, 0.25) is 0 Å². The molecule has 0 aromatic carbocycles. The molecule has 1 nitrogen and oxygen atoms in total. The molecule has 1 fully saturated rings. The zero-order chi connectivity index (χ0) is 8.16. The van der Waals surface area contributed by atoms with E-state index in [1.54, 1.807) is 0 Å². The number of hydrogen-bond donors (Lipinski definition) is 1. The zero-order valence-corrected chi connectivity index (χ0v) is 7.73. The van der Waals surface area contributed by atoms with Crippen molar-refractivity contribution in [1.29, 1.82) is 0 Å². The minimum atomic E-state index is 0.473. The first-order chi connectivity index (χ1) is 5.27. The lowest BCUT2D eigenvalue weighted by molar-refractivity contribution is 0.403. The SMILES string of the molecule is BC1(CN)CCCCCCC1. The van der Waals surface area contributed by atoms with E-state index in [0.29, 0.717) is 5.31 Å². The van der Waals surface area contributed by atoms with Gasteiger partial charge in [0.1, 0.15) is 7.85 Å². The Balaban J connectivity index is 2.37. The Morgan fingerprint density at radius 3 is 1.91 bits per heavy atom. The van der Waals surface area contributed by atoms with Crippen molar-refractivity contribution in [2.45, 2.75) is 50.3 Å². The summed E-state index contributed by atoms with van der Waals surface area (Å²) in [7, 11) is 2.35. The predicted octanol–water partition coefficient (Wildman–Crippen LogP) is 1.48. The van der Waals surface area contributed by atoms with Crippen molar-refractivity contribution in [2.75, 3.05) is 6.54 Å². The Labute approximate surface area is 71.1 Å². The van der Waals surface area contributed by atoms with E-state index < -0.39 is 0 Å². The first kappa shape index (κ1) is 9.12. The average molecular weight is 153 g/mol. The highest BCUT2D eigenvalue weighted by Crippen LogP contribution is 2.36. The van der Waals surface area contributed by atoms with Crippen molar-refractivity contribution < 1.29 is 0 Å². The highest BCUT2D eigenvalue weighted by Gasteiger charge is 2.22. The van der Waals surface area contributed by atoms with Crippen LogP contribution in [0.5, 0.6) is 0 Å². The van der Waals surface area contributed by atoms with Crippen LogP contribution in [0.15, 0.2) is 0 Å². The van der Waals surface area contributed by atoms with E-state index >= 15 is 0 Å². The third kappa shape index (κ3) is 2.86. The lowest BCUT2D eigenvalue weighted by Crippen LogP contribution is -2.24. The van der Waals surface area contributed by atoms with Crippen LogP contribution in [0.1, 0.15) is 44.9 Å². The fourth-order valence-corrected chi connectivity index (χ4v) is 1.96. The van der Waals surface area contributed by atoms with Gasteiger partial charge in [-0.1, -0.05) is 44.9 Å². The first-order valence-corrected chi connectivity index (χ1v) is 4.97.